The van der Waals surface area contributed by atoms with Crippen LogP contribution in [0.4, 0.5) is 13.2 Å². The summed E-state index contributed by atoms with van der Waals surface area (Å²) in [4.78, 5) is 8.66. The van der Waals surface area contributed by atoms with Crippen molar-refractivity contribution < 1.29 is 38.7 Å². The molecule has 26 rings (SSSR count). The second-order valence-corrected chi connectivity index (χ2v) is 55.9. The van der Waals surface area contributed by atoms with E-state index in [1.54, 1.807) is 61.2 Å². The van der Waals surface area contributed by atoms with Crippen LogP contribution < -0.4 is 0 Å². The molecule has 0 radical (unpaired) electrons. The van der Waals surface area contributed by atoms with Gasteiger partial charge in [0.15, 0.2) is 12.7 Å². The summed E-state index contributed by atoms with van der Waals surface area (Å²) in [6.45, 7) is 40.2. The second-order valence-electron chi connectivity index (χ2n) is 55.8. The van der Waals surface area contributed by atoms with Crippen molar-refractivity contribution in [2.45, 2.75) is 410 Å². The number of alkyl halides is 3. The summed E-state index contributed by atoms with van der Waals surface area (Å²) < 4.78 is 40.2. The molecule has 22 nitrogen and oxygen atoms in total. The Labute approximate surface area is 891 Å². The Hall–Kier alpha value is -6.74. The summed E-state index contributed by atoms with van der Waals surface area (Å²) in [6.07, 6.45) is 64.5. The third-order valence-electron chi connectivity index (χ3n) is 48.8. The minimum absolute atomic E-state index is 0.271. The van der Waals surface area contributed by atoms with Crippen molar-refractivity contribution in [3.8, 4) is 23.1 Å². The molecule has 40 atom stereocenters. The van der Waals surface area contributed by atoms with E-state index in [9.17, 15) is 38.7 Å². The molecule has 21 aliphatic carbocycles. The zero-order valence-electron chi connectivity index (χ0n) is 91.0. The lowest BCUT2D eigenvalue weighted by molar-refractivity contribution is -0.159. The second kappa shape index (κ2) is 42.3. The third-order valence-corrected chi connectivity index (χ3v) is 48.9. The zero-order valence-corrected chi connectivity index (χ0v) is 91.7. The highest BCUT2D eigenvalue weighted by Crippen LogP contribution is 2.73. The lowest BCUT2D eigenvalue weighted by Crippen LogP contribution is -2.52. The Bertz CT molecular complexity index is 5620. The molecule has 0 unspecified atom stereocenters. The molecule has 814 valence electrons. The van der Waals surface area contributed by atoms with Gasteiger partial charge in [0, 0.05) is 11.3 Å². The number of allylic oxidation sites excluding steroid dienone is 5. The van der Waals surface area contributed by atoms with Gasteiger partial charge in [0.25, 0.3) is 6.43 Å². The van der Waals surface area contributed by atoms with Crippen LogP contribution in [-0.4, -0.2) is 152 Å². The number of halogens is 4. The molecule has 0 aliphatic heterocycles. The molecule has 0 spiro atoms. The molecule has 0 bridgehead atoms. The summed E-state index contributed by atoms with van der Waals surface area (Å²) in [6, 6.07) is 0. The average molecular weight is 2070 g/mol. The van der Waals surface area contributed by atoms with Crippen LogP contribution in [0.2, 0.25) is 0 Å². The zero-order chi connectivity index (χ0) is 104. The largest absolute Gasteiger partial charge is 0.390 e. The molecule has 0 amide bonds. The molecular weight excluding hydrogens is 1890 g/mol. The van der Waals surface area contributed by atoms with E-state index < -0.39 is 41.1 Å². The molecule has 0 aromatic carbocycles. The quantitative estimate of drug-likeness (QED) is 0.0427. The van der Waals surface area contributed by atoms with Crippen molar-refractivity contribution in [2.24, 2.45) is 211 Å². The van der Waals surface area contributed by atoms with E-state index in [-0.39, 0.29) is 17.8 Å². The number of tetrazole rings is 2. The third kappa shape index (κ3) is 20.5. The van der Waals surface area contributed by atoms with Crippen LogP contribution in [0, 0.1) is 234 Å². The maximum Gasteiger partial charge on any atom is 0.266 e. The maximum atomic E-state index is 13.4. The van der Waals surface area contributed by atoms with Crippen LogP contribution in [0.25, 0.3) is 0 Å². The van der Waals surface area contributed by atoms with Gasteiger partial charge in [-0.25, -0.2) is 13.2 Å². The van der Waals surface area contributed by atoms with E-state index in [0.29, 0.717) is 143 Å². The van der Waals surface area contributed by atoms with E-state index in [2.05, 4.69) is 159 Å². The first-order chi connectivity index (χ1) is 71.5. The van der Waals surface area contributed by atoms with Gasteiger partial charge < -0.3 is 25.5 Å². The van der Waals surface area contributed by atoms with Crippen molar-refractivity contribution in [2.75, 3.05) is 6.67 Å². The normalized spacial score (nSPS) is 46.0. The molecule has 5 N–H and O–H groups in total. The van der Waals surface area contributed by atoms with Gasteiger partial charge in [-0.1, -0.05) is 113 Å². The summed E-state index contributed by atoms with van der Waals surface area (Å²) in [5.74, 6) is 31.7. The van der Waals surface area contributed by atoms with Crippen LogP contribution in [-0.2, 0) is 32.7 Å². The summed E-state index contributed by atoms with van der Waals surface area (Å²) in [5.41, 5.74) is 3.48. The number of hydrogen-bond acceptors (Lipinski definition) is 17. The first-order valence-corrected chi connectivity index (χ1v) is 60.3. The van der Waals surface area contributed by atoms with E-state index in [1.165, 1.54) is 246 Å². The predicted octanol–water partition coefficient (Wildman–Crippen LogP) is 23.8. The fraction of sp³-hybridized carbons (Fsp3) is 0.821. The van der Waals surface area contributed by atoms with Crippen molar-refractivity contribution >= 4 is 11.6 Å². The highest BCUT2D eigenvalue weighted by atomic mass is 35.5. The van der Waals surface area contributed by atoms with Crippen molar-refractivity contribution in [1.82, 2.24) is 85.4 Å². The first-order valence-electron chi connectivity index (χ1n) is 59.9. The maximum absolute atomic E-state index is 13.4. The van der Waals surface area contributed by atoms with E-state index >= 15 is 0 Å². The molecule has 5 heterocycles. The molecule has 26 heteroatoms. The van der Waals surface area contributed by atoms with E-state index in [4.69, 9.17) is 11.6 Å². The number of rotatable bonds is 17. The SMILES string of the molecule is C=C(Cn1nccn1)[C@H]1CC[C@H]2[C@@H]3CC[C@H]4C[C@](O)(C#CC5CC5)CC[C@@H]4[C@H]3CC[C@]12C.C=C(Cn1nccn1)[C@H]1CC[C@H]2[C@@H]3CC[C@H]4C[C@](O)(C#CCl)CC[C@@H]4[C@H]3CC[C@]12C.C=C(Cn1nccn1)[C@H]1CC[C@H]2[C@@H]3CC[C@H]4C[C@](O)(C(F)F)CC[C@@H]4[C@H]3CC[C@]12C.C=C(Cn1ncnn1)[C@H]1CC[C@H]2[C@@H]3CC[C@H]4C[C@@](C)(O)CC[C@@H]4[C@H]3CC[C@]12C.C=C(Cn1ncnn1)[C@H]1CC[C@H]2[C@@H]3CC[C@H]4C[C@](O)(CF)CC[C@@H]4[C@H]3CC[C@]12C. The van der Waals surface area contributed by atoms with Crippen LogP contribution in [0.15, 0.2) is 111 Å². The van der Waals surface area contributed by atoms with Gasteiger partial charge >= 0.3 is 0 Å². The van der Waals surface area contributed by atoms with Gasteiger partial charge in [-0.3, -0.25) is 0 Å². The number of aromatic nitrogens is 17. The predicted molar refractivity (Wildman–Crippen MR) is 571 cm³/mol. The van der Waals surface area contributed by atoms with E-state index in [1.807, 2.05) is 0 Å². The van der Waals surface area contributed by atoms with Gasteiger partial charge in [-0.2, -0.15) is 54.6 Å². The summed E-state index contributed by atoms with van der Waals surface area (Å²) in [5, 5.41) is 106. The van der Waals surface area contributed by atoms with Crippen molar-refractivity contribution in [3.05, 3.63) is 111 Å². The lowest BCUT2D eigenvalue weighted by atomic mass is 9.48. The topological polar surface area (TPSA) is 280 Å². The molecule has 0 saturated heterocycles. The highest BCUT2D eigenvalue weighted by Gasteiger charge is 2.66. The van der Waals surface area contributed by atoms with Gasteiger partial charge in [-0.05, 0) is 535 Å². The average Bonchev–Trinajstić information content (AvgIpc) is 1.64. The van der Waals surface area contributed by atoms with Gasteiger partial charge in [0.1, 0.15) is 23.5 Å². The number of hydrogen-bond donors (Lipinski definition) is 5. The van der Waals surface area contributed by atoms with Gasteiger partial charge in [0.2, 0.25) is 0 Å². The Kier molecular flexibility index (Phi) is 30.2. The van der Waals surface area contributed by atoms with Gasteiger partial charge in [-0.15, -0.1) is 20.4 Å². The number of aliphatic hydroxyl groups is 5. The lowest BCUT2D eigenvalue weighted by Gasteiger charge is -2.57. The Morgan fingerprint density at radius 3 is 0.913 bits per heavy atom. The highest BCUT2D eigenvalue weighted by molar-refractivity contribution is 6.30. The fourth-order valence-electron chi connectivity index (χ4n) is 42.1. The van der Waals surface area contributed by atoms with Crippen LogP contribution in [0.1, 0.15) is 343 Å². The molecule has 149 heavy (non-hydrogen) atoms. The fourth-order valence-corrected chi connectivity index (χ4v) is 42.3. The summed E-state index contributed by atoms with van der Waals surface area (Å²) in [7, 11) is 0. The molecule has 21 aliphatic rings. The Morgan fingerprint density at radius 1 is 0.315 bits per heavy atom. The van der Waals surface area contributed by atoms with Gasteiger partial charge in [0.05, 0.1) is 81.1 Å². The minimum Gasteiger partial charge on any atom is -0.390 e. The molecular formula is C123H179ClF3N17O5. The minimum atomic E-state index is -2.61. The van der Waals surface area contributed by atoms with Crippen LogP contribution >= 0.6 is 11.6 Å². The Balaban J connectivity index is 0.000000105. The van der Waals surface area contributed by atoms with E-state index in [0.717, 1.165) is 178 Å². The number of fused-ring (bicyclic) bond motifs is 25. The first kappa shape index (κ1) is 107. The molecule has 21 fully saturated rings. The van der Waals surface area contributed by atoms with Crippen LogP contribution in [0.5, 0.6) is 0 Å². The molecule has 21 saturated carbocycles. The molecule has 5 aromatic heterocycles. The number of nitrogens with zero attached hydrogens (tertiary/aromatic N) is 17. The monoisotopic (exact) mass is 2070 g/mol. The standard InChI is InChI=1S/C28H39N3O.C25H34ClN3O.C24H35F2N3O.C23H35FN4O.C23H36N4O/c1-19(18-31-29-15-16-30-31)25-7-8-26-24-6-5-21-17-28(32,13-9-20-3-4-20)14-11-22(21)23(24)10-12-27(25,26)2;1-17(16-29-27-13-14-28-29)22-5-6-23-21-4-3-18-15-25(30,11-12-26)10-8-19(18)20(21)7-9-24(22,23)2;1-15(14-29-27-11-12-28-29)20-5-6-21-19-4-3-16-13-24(30,22(25)26)10-8-17(16)18(19)7-9-23(20,21)2;1-15(12-28-26-14-25-27-28)20-5-6-21-19-4-3-16-11-23(29,13-24)10-8-17(16)18(19)7-9-22(20,21)2;1-15(13-27-25-14-24-26-27)20-6-7-21-19-5-4-16-12-22(2,28)10-8-17(16)18(19)9-11-23(20,21)3/h15-16,20-26,32H,1,3-8,10-12,14,17-18H2,2H3;13-14,18-23,30H,1,3-10,15-16H2,2H3;11-12,16-22,30H,1,3-10,13-14H2,2H3;14,16-21,29H,1,3-13H2,2H3;14,16-21,28H,1,4-13H2,2-3H3/t21-,22-,23+,24+,25+,26-,27+,28-;18-,19-,20+,21+,22+,23-,24+,25+;16-,17-,18+,19+,20+,21-,23+,24-;16-,17-,18+,19+,20+,21-,22+,23-;16-,17-,18+,19+,20+,21-,22-,23+/m00000/s1. The molecule has 5 aromatic rings. The summed E-state index contributed by atoms with van der Waals surface area (Å²) >= 11 is 5.63. The van der Waals surface area contributed by atoms with Crippen molar-refractivity contribution in [1.29, 1.82) is 0 Å². The smallest absolute Gasteiger partial charge is 0.266 e. The Morgan fingerprint density at radius 2 is 0.604 bits per heavy atom. The van der Waals surface area contributed by atoms with Crippen molar-refractivity contribution in [3.63, 3.8) is 0 Å². The van der Waals surface area contributed by atoms with Crippen LogP contribution in [0.3, 0.4) is 0 Å².